The first-order valence-corrected chi connectivity index (χ1v) is 18.6. The molecule has 256 valence electrons. The molecule has 1 aliphatic carbocycles. The molecule has 0 saturated carbocycles. The Morgan fingerprint density at radius 3 is 1.69 bits per heavy atom. The zero-order valence-electron chi connectivity index (χ0n) is 30.2. The van der Waals surface area contributed by atoms with Gasteiger partial charge in [0.15, 0.2) is 0 Å². The van der Waals surface area contributed by atoms with Gasteiger partial charge < -0.3 is 4.90 Å². The highest BCUT2D eigenvalue weighted by Gasteiger charge is 2.35. The van der Waals surface area contributed by atoms with E-state index in [1.807, 2.05) is 12.1 Å². The fourth-order valence-electron chi connectivity index (χ4n) is 8.27. The van der Waals surface area contributed by atoms with Gasteiger partial charge in [0.1, 0.15) is 0 Å². The molecule has 10 rings (SSSR count). The Kier molecular flexibility index (Phi) is 7.48. The number of hydrogen-bond acceptors (Lipinski definition) is 3. The maximum absolute atomic E-state index is 5.37. The molecule has 0 amide bonds. The van der Waals surface area contributed by atoms with Crippen molar-refractivity contribution in [1.29, 1.82) is 0 Å². The molecule has 3 heteroatoms. The predicted molar refractivity (Wildman–Crippen MR) is 226 cm³/mol. The number of aromatic nitrogens is 2. The van der Waals surface area contributed by atoms with Crippen molar-refractivity contribution in [3.63, 3.8) is 0 Å². The number of para-hydroxylation sites is 1. The van der Waals surface area contributed by atoms with Crippen LogP contribution in [0.5, 0.6) is 0 Å². The summed E-state index contributed by atoms with van der Waals surface area (Å²) in [6.07, 6.45) is 0. The minimum atomic E-state index is -0.0796. The van der Waals surface area contributed by atoms with Gasteiger partial charge in [-0.25, -0.2) is 9.97 Å². The van der Waals surface area contributed by atoms with Crippen LogP contribution < -0.4 is 4.90 Å². The molecule has 54 heavy (non-hydrogen) atoms. The van der Waals surface area contributed by atoms with Gasteiger partial charge in [-0.15, -0.1) is 0 Å². The molecule has 0 bridgehead atoms. The summed E-state index contributed by atoms with van der Waals surface area (Å²) < 4.78 is 0. The van der Waals surface area contributed by atoms with Crippen molar-refractivity contribution in [3.05, 3.63) is 199 Å². The number of anilines is 3. The molecule has 0 aliphatic heterocycles. The van der Waals surface area contributed by atoms with Gasteiger partial charge in [0.25, 0.3) is 0 Å². The summed E-state index contributed by atoms with van der Waals surface area (Å²) in [4.78, 5) is 13.0. The van der Waals surface area contributed by atoms with Gasteiger partial charge in [-0.3, -0.25) is 0 Å². The molecule has 0 spiro atoms. The van der Waals surface area contributed by atoms with Crippen LogP contribution in [0.3, 0.4) is 0 Å². The first-order valence-electron chi connectivity index (χ1n) is 18.6. The molecule has 0 N–H and O–H groups in total. The van der Waals surface area contributed by atoms with E-state index >= 15 is 0 Å². The van der Waals surface area contributed by atoms with Gasteiger partial charge in [-0.05, 0) is 87.3 Å². The lowest BCUT2D eigenvalue weighted by Gasteiger charge is -2.28. The molecule has 1 aromatic heterocycles. The van der Waals surface area contributed by atoms with Crippen LogP contribution in [0.2, 0.25) is 0 Å². The van der Waals surface area contributed by atoms with Gasteiger partial charge in [-0.2, -0.15) is 0 Å². The van der Waals surface area contributed by atoms with Crippen molar-refractivity contribution in [2.75, 3.05) is 4.90 Å². The molecule has 1 aliphatic rings. The SMILES string of the molecule is CC1(C)c2ccccc2-c2ccc(N(c3ccccc3)c3ccc(-c4ccc5ccc6nc(-c7ccccc7)c(-c7ccccc7)nc6c5c4)cc3)cc21. The first kappa shape index (κ1) is 31.9. The zero-order valence-corrected chi connectivity index (χ0v) is 30.2. The van der Waals surface area contributed by atoms with E-state index < -0.39 is 0 Å². The van der Waals surface area contributed by atoms with Crippen LogP contribution in [-0.4, -0.2) is 9.97 Å². The van der Waals surface area contributed by atoms with Crippen molar-refractivity contribution >= 4 is 38.9 Å². The lowest BCUT2D eigenvalue weighted by Crippen LogP contribution is -2.16. The zero-order chi connectivity index (χ0) is 36.2. The maximum Gasteiger partial charge on any atom is 0.0973 e. The van der Waals surface area contributed by atoms with Crippen LogP contribution in [0.15, 0.2) is 188 Å². The van der Waals surface area contributed by atoms with E-state index in [0.29, 0.717) is 0 Å². The first-order chi connectivity index (χ1) is 26.5. The molecule has 9 aromatic rings. The molecule has 8 aromatic carbocycles. The van der Waals surface area contributed by atoms with Crippen LogP contribution in [-0.2, 0) is 5.41 Å². The second kappa shape index (κ2) is 12.7. The van der Waals surface area contributed by atoms with Gasteiger partial charge >= 0.3 is 0 Å². The lowest BCUT2D eigenvalue weighted by atomic mass is 9.82. The third kappa shape index (κ3) is 5.28. The summed E-state index contributed by atoms with van der Waals surface area (Å²) in [6.45, 7) is 4.68. The summed E-state index contributed by atoms with van der Waals surface area (Å²) in [6, 6.07) is 67.1. The third-order valence-corrected chi connectivity index (χ3v) is 11.0. The molecular weight excluding hydrogens is 655 g/mol. The van der Waals surface area contributed by atoms with Gasteiger partial charge in [0.05, 0.1) is 22.4 Å². The Morgan fingerprint density at radius 1 is 0.407 bits per heavy atom. The van der Waals surface area contributed by atoms with Crippen LogP contribution in [0, 0.1) is 0 Å². The Hall–Kier alpha value is -6.84. The van der Waals surface area contributed by atoms with Crippen molar-refractivity contribution in [2.24, 2.45) is 0 Å². The van der Waals surface area contributed by atoms with Gasteiger partial charge in [0, 0.05) is 39.0 Å². The largest absolute Gasteiger partial charge is 0.310 e. The smallest absolute Gasteiger partial charge is 0.0973 e. The lowest BCUT2D eigenvalue weighted by molar-refractivity contribution is 0.660. The Morgan fingerprint density at radius 2 is 0.963 bits per heavy atom. The van der Waals surface area contributed by atoms with Gasteiger partial charge in [-0.1, -0.05) is 153 Å². The highest BCUT2D eigenvalue weighted by atomic mass is 15.1. The fraction of sp³-hybridized carbons (Fsp3) is 0.0588. The Balaban J connectivity index is 1.06. The monoisotopic (exact) mass is 691 g/mol. The number of fused-ring (bicyclic) bond motifs is 6. The summed E-state index contributed by atoms with van der Waals surface area (Å²) in [7, 11) is 0. The van der Waals surface area contributed by atoms with Crippen molar-refractivity contribution in [3.8, 4) is 44.8 Å². The normalized spacial score (nSPS) is 12.8. The average Bonchev–Trinajstić information content (AvgIpc) is 3.47. The predicted octanol–water partition coefficient (Wildman–Crippen LogP) is 13.6. The molecule has 1 heterocycles. The molecule has 0 unspecified atom stereocenters. The number of hydrogen-bond donors (Lipinski definition) is 0. The quantitative estimate of drug-likeness (QED) is 0.163. The minimum Gasteiger partial charge on any atom is -0.310 e. The Labute approximate surface area is 315 Å². The minimum absolute atomic E-state index is 0.0796. The topological polar surface area (TPSA) is 29.0 Å². The van der Waals surface area contributed by atoms with Crippen molar-refractivity contribution < 1.29 is 0 Å². The van der Waals surface area contributed by atoms with Crippen molar-refractivity contribution in [2.45, 2.75) is 19.3 Å². The average molecular weight is 692 g/mol. The molecule has 0 atom stereocenters. The van der Waals surface area contributed by atoms with E-state index in [1.54, 1.807) is 0 Å². The van der Waals surface area contributed by atoms with Gasteiger partial charge in [0.2, 0.25) is 0 Å². The number of benzene rings is 8. The van der Waals surface area contributed by atoms with Crippen LogP contribution in [0.25, 0.3) is 66.6 Å². The van der Waals surface area contributed by atoms with E-state index in [-0.39, 0.29) is 5.41 Å². The van der Waals surface area contributed by atoms with E-state index in [2.05, 4.69) is 195 Å². The molecule has 0 fully saturated rings. The molecular formula is C51H37N3. The summed E-state index contributed by atoms with van der Waals surface area (Å²) in [5.41, 5.74) is 16.6. The standard InChI is InChI=1S/C51H37N3/c1-51(2)45-21-13-12-20-42(45)43-30-29-41(33-46(43)51)54(39-18-10-5-11-19-39)40-27-24-34(25-28-40)38-23-22-35-26-31-47-50(44(35)32-38)53-49(37-16-8-4-9-17-37)48(52-47)36-14-6-3-7-15-36/h3-33H,1-2H3. The fourth-order valence-corrected chi connectivity index (χ4v) is 8.27. The van der Waals surface area contributed by atoms with E-state index in [0.717, 1.165) is 72.5 Å². The highest BCUT2D eigenvalue weighted by molar-refractivity contribution is 6.07. The second-order valence-corrected chi connectivity index (χ2v) is 14.6. The molecule has 0 saturated heterocycles. The second-order valence-electron chi connectivity index (χ2n) is 14.6. The van der Waals surface area contributed by atoms with Crippen LogP contribution in [0.1, 0.15) is 25.0 Å². The van der Waals surface area contributed by atoms with Crippen molar-refractivity contribution in [1.82, 2.24) is 9.97 Å². The summed E-state index contributed by atoms with van der Waals surface area (Å²) in [5.74, 6) is 0. The highest BCUT2D eigenvalue weighted by Crippen LogP contribution is 2.50. The van der Waals surface area contributed by atoms with Crippen LogP contribution >= 0.6 is 0 Å². The van der Waals surface area contributed by atoms with Crippen LogP contribution in [0.4, 0.5) is 17.1 Å². The maximum atomic E-state index is 5.37. The summed E-state index contributed by atoms with van der Waals surface area (Å²) >= 11 is 0. The summed E-state index contributed by atoms with van der Waals surface area (Å²) in [5, 5.41) is 2.23. The number of rotatable bonds is 6. The Bertz CT molecular complexity index is 2830. The molecule has 0 radical (unpaired) electrons. The number of nitrogens with zero attached hydrogens (tertiary/aromatic N) is 3. The van der Waals surface area contributed by atoms with E-state index in [4.69, 9.17) is 9.97 Å². The third-order valence-electron chi connectivity index (χ3n) is 11.0. The van der Waals surface area contributed by atoms with E-state index in [9.17, 15) is 0 Å². The van der Waals surface area contributed by atoms with E-state index in [1.165, 1.54) is 22.3 Å². The molecule has 3 nitrogen and oxygen atoms in total.